The zero-order valence-electron chi connectivity index (χ0n) is 10.1. The molecule has 1 atom stereocenters. The highest BCUT2D eigenvalue weighted by molar-refractivity contribution is 4.80. The van der Waals surface area contributed by atoms with Crippen molar-refractivity contribution in [3.05, 3.63) is 0 Å². The number of likely N-dealkylation sites (tertiary alicyclic amines) is 1. The third-order valence-corrected chi connectivity index (χ3v) is 3.55. The normalized spacial score (nSPS) is 24.4. The maximum absolute atomic E-state index is 9.25. The van der Waals surface area contributed by atoms with Gasteiger partial charge < -0.3 is 15.1 Å². The predicted molar refractivity (Wildman–Crippen MR) is 61.7 cm³/mol. The Balaban J connectivity index is 2.43. The molecule has 0 aromatic rings. The van der Waals surface area contributed by atoms with Crippen LogP contribution in [0.1, 0.15) is 33.1 Å². The van der Waals surface area contributed by atoms with E-state index in [-0.39, 0.29) is 18.6 Å². The Morgan fingerprint density at radius 2 is 2.00 bits per heavy atom. The number of hydrogen-bond acceptors (Lipinski definition) is 3. The van der Waals surface area contributed by atoms with Crippen LogP contribution in [0.3, 0.4) is 0 Å². The van der Waals surface area contributed by atoms with Crippen molar-refractivity contribution in [1.82, 2.24) is 4.90 Å². The van der Waals surface area contributed by atoms with E-state index in [1.807, 2.05) is 6.92 Å². The van der Waals surface area contributed by atoms with E-state index >= 15 is 0 Å². The molecular weight excluding hydrogens is 190 g/mol. The lowest BCUT2D eigenvalue weighted by molar-refractivity contribution is 0.0220. The molecule has 0 aliphatic carbocycles. The van der Waals surface area contributed by atoms with Crippen molar-refractivity contribution in [3.63, 3.8) is 0 Å². The van der Waals surface area contributed by atoms with Gasteiger partial charge in [-0.25, -0.2) is 0 Å². The Hall–Kier alpha value is -0.120. The molecule has 2 N–H and O–H groups in total. The van der Waals surface area contributed by atoms with Crippen molar-refractivity contribution >= 4 is 0 Å². The van der Waals surface area contributed by atoms with Gasteiger partial charge in [-0.3, -0.25) is 0 Å². The van der Waals surface area contributed by atoms with Crippen LogP contribution in [0.4, 0.5) is 0 Å². The Kier molecular flexibility index (Phi) is 5.03. The quantitative estimate of drug-likeness (QED) is 0.722. The van der Waals surface area contributed by atoms with Crippen molar-refractivity contribution in [1.29, 1.82) is 0 Å². The highest BCUT2D eigenvalue weighted by atomic mass is 16.3. The summed E-state index contributed by atoms with van der Waals surface area (Å²) < 4.78 is 0. The Morgan fingerprint density at radius 1 is 1.33 bits per heavy atom. The maximum atomic E-state index is 9.25. The molecular formula is C12H25NO2. The van der Waals surface area contributed by atoms with Crippen LogP contribution in [0, 0.1) is 11.3 Å². The van der Waals surface area contributed by atoms with E-state index in [0.29, 0.717) is 0 Å². The second kappa shape index (κ2) is 5.83. The molecule has 0 radical (unpaired) electrons. The van der Waals surface area contributed by atoms with Crippen LogP contribution in [-0.2, 0) is 0 Å². The molecule has 0 saturated carbocycles. The average molecular weight is 215 g/mol. The maximum Gasteiger partial charge on any atom is 0.0519 e. The summed E-state index contributed by atoms with van der Waals surface area (Å²) in [6, 6.07) is 0. The molecule has 1 saturated heterocycles. The van der Waals surface area contributed by atoms with Gasteiger partial charge in [0.05, 0.1) is 13.2 Å². The molecule has 1 heterocycles. The molecule has 0 spiro atoms. The lowest BCUT2D eigenvalue weighted by atomic mass is 9.89. The first-order valence-electron chi connectivity index (χ1n) is 6.07. The standard InChI is InChI=1S/C12H25NO2/c1-3-11-5-4-6-13(7-11)8-12(2,9-14)10-15/h11,14-15H,3-10H2,1-2H3. The number of piperidine rings is 1. The molecule has 0 amide bonds. The van der Waals surface area contributed by atoms with E-state index in [1.165, 1.54) is 19.3 Å². The minimum absolute atomic E-state index is 0.0663. The van der Waals surface area contributed by atoms with Crippen molar-refractivity contribution in [3.8, 4) is 0 Å². The van der Waals surface area contributed by atoms with E-state index < -0.39 is 0 Å². The van der Waals surface area contributed by atoms with Crippen molar-refractivity contribution in [2.75, 3.05) is 32.8 Å². The van der Waals surface area contributed by atoms with E-state index in [0.717, 1.165) is 25.6 Å². The predicted octanol–water partition coefficient (Wildman–Crippen LogP) is 1.10. The van der Waals surface area contributed by atoms with Crippen LogP contribution >= 0.6 is 0 Å². The summed E-state index contributed by atoms with van der Waals surface area (Å²) in [6.45, 7) is 7.39. The SMILES string of the molecule is CCC1CCCN(CC(C)(CO)CO)C1. The second-order valence-corrected chi connectivity index (χ2v) is 5.28. The largest absolute Gasteiger partial charge is 0.396 e. The number of aliphatic hydroxyl groups excluding tert-OH is 2. The lowest BCUT2D eigenvalue weighted by Crippen LogP contribution is -2.45. The summed E-state index contributed by atoms with van der Waals surface area (Å²) in [7, 11) is 0. The average Bonchev–Trinajstić information content (AvgIpc) is 2.29. The zero-order valence-corrected chi connectivity index (χ0v) is 10.1. The topological polar surface area (TPSA) is 43.7 Å². The van der Waals surface area contributed by atoms with Crippen molar-refractivity contribution in [2.45, 2.75) is 33.1 Å². The summed E-state index contributed by atoms with van der Waals surface area (Å²) in [4.78, 5) is 2.39. The van der Waals surface area contributed by atoms with Gasteiger partial charge in [0.25, 0.3) is 0 Å². The van der Waals surface area contributed by atoms with Gasteiger partial charge in [-0.2, -0.15) is 0 Å². The minimum atomic E-state index is -0.338. The van der Waals surface area contributed by atoms with Gasteiger partial charge in [0.2, 0.25) is 0 Å². The Labute approximate surface area is 93.1 Å². The molecule has 1 aliphatic heterocycles. The summed E-state index contributed by atoms with van der Waals surface area (Å²) >= 11 is 0. The highest BCUT2D eigenvalue weighted by Crippen LogP contribution is 2.23. The van der Waals surface area contributed by atoms with E-state index in [4.69, 9.17) is 0 Å². The Morgan fingerprint density at radius 3 is 2.53 bits per heavy atom. The first kappa shape index (κ1) is 12.9. The summed E-state index contributed by atoms with van der Waals surface area (Å²) in [5.41, 5.74) is -0.338. The first-order chi connectivity index (χ1) is 7.13. The number of hydrogen-bond donors (Lipinski definition) is 2. The van der Waals surface area contributed by atoms with Crippen LogP contribution < -0.4 is 0 Å². The zero-order chi connectivity index (χ0) is 11.3. The molecule has 3 nitrogen and oxygen atoms in total. The molecule has 15 heavy (non-hydrogen) atoms. The third kappa shape index (κ3) is 3.74. The van der Waals surface area contributed by atoms with Crippen LogP contribution in [0.15, 0.2) is 0 Å². The first-order valence-corrected chi connectivity index (χ1v) is 6.07. The molecule has 90 valence electrons. The molecule has 3 heteroatoms. The Bertz CT molecular complexity index is 180. The van der Waals surface area contributed by atoms with Gasteiger partial charge in [-0.1, -0.05) is 20.3 Å². The van der Waals surface area contributed by atoms with E-state index in [9.17, 15) is 10.2 Å². The van der Waals surface area contributed by atoms with Crippen LogP contribution in [-0.4, -0.2) is 48.0 Å². The number of nitrogens with zero attached hydrogens (tertiary/aromatic N) is 1. The molecule has 0 bridgehead atoms. The minimum Gasteiger partial charge on any atom is -0.396 e. The molecule has 1 aliphatic rings. The van der Waals surface area contributed by atoms with Gasteiger partial charge in [0.1, 0.15) is 0 Å². The molecule has 1 fully saturated rings. The molecule has 0 aromatic carbocycles. The van der Waals surface area contributed by atoms with Crippen LogP contribution in [0.25, 0.3) is 0 Å². The van der Waals surface area contributed by atoms with E-state index in [1.54, 1.807) is 0 Å². The van der Waals surface area contributed by atoms with Gasteiger partial charge in [-0.05, 0) is 25.3 Å². The fraction of sp³-hybridized carbons (Fsp3) is 1.00. The van der Waals surface area contributed by atoms with Crippen LogP contribution in [0.2, 0.25) is 0 Å². The smallest absolute Gasteiger partial charge is 0.0519 e. The number of rotatable bonds is 5. The van der Waals surface area contributed by atoms with E-state index in [2.05, 4.69) is 11.8 Å². The number of aliphatic hydroxyl groups is 2. The highest BCUT2D eigenvalue weighted by Gasteiger charge is 2.28. The summed E-state index contributed by atoms with van der Waals surface area (Å²) in [5.74, 6) is 0.806. The monoisotopic (exact) mass is 215 g/mol. The molecule has 1 unspecified atom stereocenters. The van der Waals surface area contributed by atoms with Gasteiger partial charge in [0.15, 0.2) is 0 Å². The van der Waals surface area contributed by atoms with Crippen molar-refractivity contribution in [2.24, 2.45) is 11.3 Å². The molecule has 0 aromatic heterocycles. The molecule has 1 rings (SSSR count). The summed E-state index contributed by atoms with van der Waals surface area (Å²) in [6.07, 6.45) is 3.83. The summed E-state index contributed by atoms with van der Waals surface area (Å²) in [5, 5.41) is 18.5. The third-order valence-electron chi connectivity index (χ3n) is 3.55. The second-order valence-electron chi connectivity index (χ2n) is 5.28. The van der Waals surface area contributed by atoms with Gasteiger partial charge in [0, 0.05) is 18.5 Å². The lowest BCUT2D eigenvalue weighted by Gasteiger charge is -2.37. The van der Waals surface area contributed by atoms with Gasteiger partial charge >= 0.3 is 0 Å². The van der Waals surface area contributed by atoms with Crippen LogP contribution in [0.5, 0.6) is 0 Å². The van der Waals surface area contributed by atoms with Gasteiger partial charge in [-0.15, -0.1) is 0 Å². The fourth-order valence-electron chi connectivity index (χ4n) is 2.32. The van der Waals surface area contributed by atoms with Crippen molar-refractivity contribution < 1.29 is 10.2 Å². The fourth-order valence-corrected chi connectivity index (χ4v) is 2.32.